The molecule has 1 N–H and O–H groups in total. The lowest BCUT2D eigenvalue weighted by Crippen LogP contribution is -2.29. The number of ether oxygens (including phenoxy) is 1. The van der Waals surface area contributed by atoms with Gasteiger partial charge in [-0.2, -0.15) is 0 Å². The molecule has 0 saturated carbocycles. The van der Waals surface area contributed by atoms with Crippen LogP contribution >= 0.6 is 11.6 Å². The number of hydrogen-bond donors (Lipinski definition) is 1. The highest BCUT2D eigenvalue weighted by atomic mass is 35.5. The number of benzene rings is 1. The Morgan fingerprint density at radius 2 is 1.79 bits per heavy atom. The van der Waals surface area contributed by atoms with Gasteiger partial charge in [-0.15, -0.1) is 0 Å². The zero-order chi connectivity index (χ0) is 14.4. The quantitative estimate of drug-likeness (QED) is 0.802. The van der Waals surface area contributed by atoms with Crippen molar-refractivity contribution in [2.24, 2.45) is 17.8 Å². The molecule has 0 fully saturated rings. The molecule has 0 aliphatic rings. The Morgan fingerprint density at radius 3 is 2.26 bits per heavy atom. The Labute approximate surface area is 122 Å². The molecule has 0 spiro atoms. The standard InChI is InChI=1S/C16H26ClNO/c1-11(2)14(12(3)4)10-18-9-13-6-7-16(19-5)15(17)8-13/h6-8,11-12,14,18H,9-10H2,1-5H3. The van der Waals surface area contributed by atoms with E-state index >= 15 is 0 Å². The maximum atomic E-state index is 6.12. The minimum absolute atomic E-state index is 0.672. The zero-order valence-corrected chi connectivity index (χ0v) is 13.4. The van der Waals surface area contributed by atoms with Crippen LogP contribution in [0.1, 0.15) is 33.3 Å². The van der Waals surface area contributed by atoms with E-state index in [2.05, 4.69) is 39.1 Å². The summed E-state index contributed by atoms with van der Waals surface area (Å²) >= 11 is 6.12. The Hall–Kier alpha value is -0.730. The molecule has 0 aliphatic carbocycles. The minimum atomic E-state index is 0.672. The fourth-order valence-corrected chi connectivity index (χ4v) is 2.72. The van der Waals surface area contributed by atoms with Gasteiger partial charge in [0.2, 0.25) is 0 Å². The summed E-state index contributed by atoms with van der Waals surface area (Å²) in [7, 11) is 1.63. The van der Waals surface area contributed by atoms with Crippen LogP contribution < -0.4 is 10.1 Å². The van der Waals surface area contributed by atoms with Crippen LogP contribution in [-0.4, -0.2) is 13.7 Å². The van der Waals surface area contributed by atoms with Crippen LogP contribution in [0.2, 0.25) is 5.02 Å². The van der Waals surface area contributed by atoms with Gasteiger partial charge in [0.1, 0.15) is 5.75 Å². The average molecular weight is 284 g/mol. The summed E-state index contributed by atoms with van der Waals surface area (Å²) in [6.07, 6.45) is 0. The zero-order valence-electron chi connectivity index (χ0n) is 12.7. The molecule has 1 aromatic rings. The fraction of sp³-hybridized carbons (Fsp3) is 0.625. The van der Waals surface area contributed by atoms with Crippen molar-refractivity contribution in [3.63, 3.8) is 0 Å². The first-order valence-electron chi connectivity index (χ1n) is 6.98. The normalized spacial score (nSPS) is 11.6. The number of halogens is 1. The van der Waals surface area contributed by atoms with Gasteiger partial charge in [-0.25, -0.2) is 0 Å². The minimum Gasteiger partial charge on any atom is -0.495 e. The Kier molecular flexibility index (Phi) is 6.67. The summed E-state index contributed by atoms with van der Waals surface area (Å²) in [4.78, 5) is 0. The summed E-state index contributed by atoms with van der Waals surface area (Å²) in [6, 6.07) is 5.94. The van der Waals surface area contributed by atoms with Gasteiger partial charge in [0.05, 0.1) is 12.1 Å². The fourth-order valence-electron chi connectivity index (χ4n) is 2.44. The molecule has 0 amide bonds. The molecule has 0 saturated heterocycles. The number of hydrogen-bond acceptors (Lipinski definition) is 2. The van der Waals surface area contributed by atoms with Crippen molar-refractivity contribution in [3.05, 3.63) is 28.8 Å². The molecule has 3 heteroatoms. The number of rotatable bonds is 7. The van der Waals surface area contributed by atoms with Crippen LogP contribution in [0.25, 0.3) is 0 Å². The van der Waals surface area contributed by atoms with Crippen molar-refractivity contribution in [2.75, 3.05) is 13.7 Å². The molecule has 0 heterocycles. The molecule has 1 rings (SSSR count). The van der Waals surface area contributed by atoms with Gasteiger partial charge in [0, 0.05) is 6.54 Å². The van der Waals surface area contributed by atoms with Crippen LogP contribution in [0, 0.1) is 17.8 Å². The van der Waals surface area contributed by atoms with Gasteiger partial charge < -0.3 is 10.1 Å². The van der Waals surface area contributed by atoms with Gasteiger partial charge in [0.15, 0.2) is 0 Å². The third-order valence-corrected chi connectivity index (χ3v) is 3.93. The van der Waals surface area contributed by atoms with Gasteiger partial charge in [-0.05, 0) is 42.0 Å². The molecular formula is C16H26ClNO. The van der Waals surface area contributed by atoms with Crippen molar-refractivity contribution in [1.82, 2.24) is 5.32 Å². The molecule has 0 aliphatic heterocycles. The molecule has 0 aromatic heterocycles. The largest absolute Gasteiger partial charge is 0.495 e. The first-order chi connectivity index (χ1) is 8.95. The molecule has 0 atom stereocenters. The predicted molar refractivity (Wildman–Crippen MR) is 82.9 cm³/mol. The SMILES string of the molecule is COc1ccc(CNCC(C(C)C)C(C)C)cc1Cl. The molecular weight excluding hydrogens is 258 g/mol. The summed E-state index contributed by atoms with van der Waals surface area (Å²) in [5.41, 5.74) is 1.19. The maximum Gasteiger partial charge on any atom is 0.137 e. The Bertz CT molecular complexity index is 382. The van der Waals surface area contributed by atoms with Gasteiger partial charge >= 0.3 is 0 Å². The molecule has 1 aromatic carbocycles. The third-order valence-electron chi connectivity index (χ3n) is 3.64. The monoisotopic (exact) mass is 283 g/mol. The van der Waals surface area contributed by atoms with Gasteiger partial charge in [0.25, 0.3) is 0 Å². The summed E-state index contributed by atoms with van der Waals surface area (Å²) in [5.74, 6) is 2.83. The van der Waals surface area contributed by atoms with Crippen LogP contribution in [0.5, 0.6) is 5.75 Å². The summed E-state index contributed by atoms with van der Waals surface area (Å²) in [5, 5.41) is 4.20. The van der Waals surface area contributed by atoms with E-state index in [1.807, 2.05) is 12.1 Å². The van der Waals surface area contributed by atoms with Crippen LogP contribution in [0.4, 0.5) is 0 Å². The lowest BCUT2D eigenvalue weighted by molar-refractivity contribution is 0.275. The van der Waals surface area contributed by atoms with E-state index in [4.69, 9.17) is 16.3 Å². The predicted octanol–water partition coefficient (Wildman–Crippen LogP) is 4.37. The van der Waals surface area contributed by atoms with E-state index in [1.165, 1.54) is 5.56 Å². The molecule has 0 radical (unpaired) electrons. The van der Waals surface area contributed by atoms with E-state index in [1.54, 1.807) is 7.11 Å². The van der Waals surface area contributed by atoms with Crippen molar-refractivity contribution < 1.29 is 4.74 Å². The maximum absolute atomic E-state index is 6.12. The lowest BCUT2D eigenvalue weighted by atomic mass is 9.85. The molecule has 0 bridgehead atoms. The van der Waals surface area contributed by atoms with Gasteiger partial charge in [-0.1, -0.05) is 45.4 Å². The highest BCUT2D eigenvalue weighted by Gasteiger charge is 2.16. The summed E-state index contributed by atoms with van der Waals surface area (Å²) < 4.78 is 5.15. The average Bonchev–Trinajstić information content (AvgIpc) is 2.33. The second-order valence-corrected chi connectivity index (χ2v) is 6.16. The van der Waals surface area contributed by atoms with Crippen LogP contribution in [0.15, 0.2) is 18.2 Å². The van der Waals surface area contributed by atoms with Crippen LogP contribution in [-0.2, 0) is 6.54 Å². The second kappa shape index (κ2) is 7.76. The van der Waals surface area contributed by atoms with E-state index in [9.17, 15) is 0 Å². The molecule has 19 heavy (non-hydrogen) atoms. The Balaban J connectivity index is 2.51. The first kappa shape index (κ1) is 16.3. The summed E-state index contributed by atoms with van der Waals surface area (Å²) in [6.45, 7) is 11.0. The topological polar surface area (TPSA) is 21.3 Å². The lowest BCUT2D eigenvalue weighted by Gasteiger charge is -2.25. The van der Waals surface area contributed by atoms with E-state index in [-0.39, 0.29) is 0 Å². The van der Waals surface area contributed by atoms with Gasteiger partial charge in [-0.3, -0.25) is 0 Å². The van der Waals surface area contributed by atoms with Crippen molar-refractivity contribution in [2.45, 2.75) is 34.2 Å². The second-order valence-electron chi connectivity index (χ2n) is 5.75. The van der Waals surface area contributed by atoms with E-state index < -0.39 is 0 Å². The van der Waals surface area contributed by atoms with E-state index in [0.717, 1.165) is 18.8 Å². The molecule has 108 valence electrons. The van der Waals surface area contributed by atoms with Crippen molar-refractivity contribution in [1.29, 1.82) is 0 Å². The van der Waals surface area contributed by atoms with E-state index in [0.29, 0.717) is 22.8 Å². The van der Waals surface area contributed by atoms with Crippen molar-refractivity contribution in [3.8, 4) is 5.75 Å². The third kappa shape index (κ3) is 5.04. The molecule has 2 nitrogen and oxygen atoms in total. The molecule has 0 unspecified atom stereocenters. The first-order valence-corrected chi connectivity index (χ1v) is 7.36. The highest BCUT2D eigenvalue weighted by molar-refractivity contribution is 6.32. The Morgan fingerprint density at radius 1 is 1.16 bits per heavy atom. The van der Waals surface area contributed by atoms with Crippen LogP contribution in [0.3, 0.4) is 0 Å². The smallest absolute Gasteiger partial charge is 0.137 e. The number of methoxy groups -OCH3 is 1. The highest BCUT2D eigenvalue weighted by Crippen LogP contribution is 2.25. The van der Waals surface area contributed by atoms with Crippen molar-refractivity contribution >= 4 is 11.6 Å². The number of nitrogens with one attached hydrogen (secondary N) is 1.